The van der Waals surface area contributed by atoms with Gasteiger partial charge >= 0.3 is 0 Å². The van der Waals surface area contributed by atoms with Crippen LogP contribution in [-0.4, -0.2) is 40.8 Å². The second-order valence-electron chi connectivity index (χ2n) is 15.3. The molecule has 1 amide bonds. The van der Waals surface area contributed by atoms with Gasteiger partial charge in [-0.25, -0.2) is 0 Å². The summed E-state index contributed by atoms with van der Waals surface area (Å²) in [7, 11) is 0. The highest BCUT2D eigenvalue weighted by Gasteiger charge is 2.80. The summed E-state index contributed by atoms with van der Waals surface area (Å²) in [6.07, 6.45) is 13.1. The average molecular weight is 536 g/mol. The van der Waals surface area contributed by atoms with Gasteiger partial charge < -0.3 is 14.7 Å². The molecule has 1 heterocycles. The van der Waals surface area contributed by atoms with E-state index in [1.165, 1.54) is 56.9 Å². The predicted molar refractivity (Wildman–Crippen MR) is 156 cm³/mol. The molecule has 0 bridgehead atoms. The molecule has 8 unspecified atom stereocenters. The fourth-order valence-electron chi connectivity index (χ4n) is 11.8. The lowest BCUT2D eigenvalue weighted by atomic mass is 9.46. The molecule has 4 nitrogen and oxygen atoms in total. The Bertz CT molecular complexity index is 1090. The van der Waals surface area contributed by atoms with Crippen molar-refractivity contribution >= 4 is 5.91 Å². The lowest BCUT2D eigenvalue weighted by Crippen LogP contribution is -2.54. The highest BCUT2D eigenvalue weighted by atomic mass is 16.5. The van der Waals surface area contributed by atoms with E-state index >= 15 is 0 Å². The van der Waals surface area contributed by atoms with Gasteiger partial charge in [0.25, 0.3) is 0 Å². The topological polar surface area (TPSA) is 49.8 Å². The molecule has 1 aromatic carbocycles. The second-order valence-corrected chi connectivity index (χ2v) is 15.3. The fraction of sp³-hybridized carbons (Fsp3) is 0.800. The van der Waals surface area contributed by atoms with Gasteiger partial charge in [0, 0.05) is 20.0 Å². The van der Waals surface area contributed by atoms with E-state index in [0.717, 1.165) is 24.7 Å². The fourth-order valence-corrected chi connectivity index (χ4v) is 11.8. The van der Waals surface area contributed by atoms with E-state index in [4.69, 9.17) is 4.74 Å². The van der Waals surface area contributed by atoms with E-state index in [1.807, 2.05) is 11.0 Å². The van der Waals surface area contributed by atoms with Crippen molar-refractivity contribution in [3.8, 4) is 0 Å². The summed E-state index contributed by atoms with van der Waals surface area (Å²) in [6.45, 7) is 10.4. The smallest absolute Gasteiger partial charge is 0.219 e. The number of rotatable bonds is 4. The first-order valence-corrected chi connectivity index (χ1v) is 15.7. The Morgan fingerprint density at radius 2 is 1.69 bits per heavy atom. The molecule has 1 aliphatic heterocycles. The first-order chi connectivity index (χ1) is 18.1. The van der Waals surface area contributed by atoms with Gasteiger partial charge in [-0.1, -0.05) is 58.5 Å². The third kappa shape index (κ3) is 3.86. The van der Waals surface area contributed by atoms with Crippen LogP contribution in [0.1, 0.15) is 105 Å². The number of benzene rings is 1. The van der Waals surface area contributed by atoms with Gasteiger partial charge in [0.1, 0.15) is 0 Å². The van der Waals surface area contributed by atoms with E-state index in [-0.39, 0.29) is 31.0 Å². The van der Waals surface area contributed by atoms with Crippen LogP contribution in [0.3, 0.4) is 0 Å². The average Bonchev–Trinajstić information content (AvgIpc) is 3.47. The molecule has 10 atom stereocenters. The van der Waals surface area contributed by atoms with Gasteiger partial charge in [-0.2, -0.15) is 0 Å². The van der Waals surface area contributed by atoms with Gasteiger partial charge in [0.2, 0.25) is 5.91 Å². The molecule has 39 heavy (non-hydrogen) atoms. The summed E-state index contributed by atoms with van der Waals surface area (Å²) >= 11 is 0. The Balaban J connectivity index is 0.00000277. The molecule has 0 aromatic heterocycles. The van der Waals surface area contributed by atoms with Crippen molar-refractivity contribution in [1.82, 2.24) is 4.90 Å². The molecule has 5 saturated carbocycles. The summed E-state index contributed by atoms with van der Waals surface area (Å²) in [4.78, 5) is 14.5. The number of carbonyl (C=O) groups is 1. The highest BCUT2D eigenvalue weighted by molar-refractivity contribution is 5.73. The van der Waals surface area contributed by atoms with Crippen LogP contribution in [0.4, 0.5) is 0 Å². The molecule has 1 saturated heterocycles. The van der Waals surface area contributed by atoms with Gasteiger partial charge in [-0.3, -0.25) is 4.79 Å². The number of ether oxygens (including phenoxy) is 1. The number of hydrogen-bond donors (Lipinski definition) is 1. The van der Waals surface area contributed by atoms with Crippen LogP contribution in [0, 0.1) is 45.3 Å². The van der Waals surface area contributed by atoms with E-state index < -0.39 is 0 Å². The van der Waals surface area contributed by atoms with Gasteiger partial charge in [-0.15, -0.1) is 0 Å². The molecular formula is C35H53NO3. The van der Waals surface area contributed by atoms with Crippen molar-refractivity contribution < 1.29 is 14.6 Å². The van der Waals surface area contributed by atoms with Crippen LogP contribution < -0.4 is 0 Å². The first-order valence-electron chi connectivity index (χ1n) is 15.7. The van der Waals surface area contributed by atoms with Crippen LogP contribution in [0.2, 0.25) is 0 Å². The first kappa shape index (κ1) is 27.8. The van der Waals surface area contributed by atoms with Gasteiger partial charge in [0.05, 0.1) is 18.3 Å². The summed E-state index contributed by atoms with van der Waals surface area (Å²) in [5, 5.41) is 10.9. The van der Waals surface area contributed by atoms with Crippen molar-refractivity contribution in [2.75, 3.05) is 6.54 Å². The Morgan fingerprint density at radius 3 is 2.44 bits per heavy atom. The predicted octanol–water partition coefficient (Wildman–Crippen LogP) is 7.24. The number of aliphatic hydroxyl groups excluding tert-OH is 1. The number of aliphatic hydroxyl groups is 1. The number of nitrogens with zero attached hydrogens (tertiary/aromatic N) is 1. The zero-order valence-electron chi connectivity index (χ0n) is 24.1. The second kappa shape index (κ2) is 9.31. The maximum Gasteiger partial charge on any atom is 0.219 e. The number of fused-ring (bicyclic) bond motifs is 4. The zero-order chi connectivity index (χ0) is 26.5. The van der Waals surface area contributed by atoms with Crippen molar-refractivity contribution in [3.05, 3.63) is 35.9 Å². The molecule has 2 spiro atoms. The van der Waals surface area contributed by atoms with Crippen molar-refractivity contribution in [3.63, 3.8) is 0 Å². The molecule has 7 rings (SSSR count). The van der Waals surface area contributed by atoms with E-state index in [0.29, 0.717) is 47.3 Å². The number of hydrogen-bond acceptors (Lipinski definition) is 3. The summed E-state index contributed by atoms with van der Waals surface area (Å²) in [5.41, 5.74) is 2.72. The summed E-state index contributed by atoms with van der Waals surface area (Å²) in [6, 6.07) is 10.4. The highest BCUT2D eigenvalue weighted by Crippen LogP contribution is 2.87. The summed E-state index contributed by atoms with van der Waals surface area (Å²) in [5.74, 6) is 3.16. The summed E-state index contributed by atoms with van der Waals surface area (Å²) < 4.78 is 6.94. The Kier molecular flexibility index (Phi) is 6.63. The van der Waals surface area contributed by atoms with Gasteiger partial charge in [-0.05, 0) is 115 Å². The van der Waals surface area contributed by atoms with Crippen LogP contribution in [0.15, 0.2) is 30.3 Å². The number of amides is 1. The minimum atomic E-state index is -0.127. The van der Waals surface area contributed by atoms with Crippen molar-refractivity contribution in [2.45, 2.75) is 124 Å². The molecule has 1 N–H and O–H groups in total. The Labute approximate surface area is 237 Å². The van der Waals surface area contributed by atoms with Crippen LogP contribution in [0.25, 0.3) is 0 Å². The van der Waals surface area contributed by atoms with Crippen molar-refractivity contribution in [1.29, 1.82) is 0 Å². The van der Waals surface area contributed by atoms with Crippen LogP contribution in [-0.2, 0) is 16.1 Å². The molecule has 1 aromatic rings. The van der Waals surface area contributed by atoms with Crippen molar-refractivity contribution in [2.24, 2.45) is 45.3 Å². The molecule has 6 aliphatic rings. The monoisotopic (exact) mass is 535 g/mol. The van der Waals surface area contributed by atoms with E-state index in [9.17, 15) is 9.90 Å². The Hall–Kier alpha value is -1.39. The minimum Gasteiger partial charge on any atom is -0.393 e. The van der Waals surface area contributed by atoms with Crippen LogP contribution in [0.5, 0.6) is 0 Å². The zero-order valence-corrected chi connectivity index (χ0v) is 24.1. The number of carbonyl (C=O) groups excluding carboxylic acids is 1. The molecule has 216 valence electrons. The minimum absolute atomic E-state index is 0. The third-order valence-electron chi connectivity index (χ3n) is 13.7. The molecule has 5 aliphatic carbocycles. The molecule has 6 fully saturated rings. The Morgan fingerprint density at radius 1 is 0.949 bits per heavy atom. The molecule has 0 radical (unpaired) electrons. The SMILES string of the molecule is C.CC(=O)N(Cc1ccccc1)CC1CCC2C(CC3C4CCC5C(C)(C)[C@@H](O)CCC56C[C@@]46CCC23C)O1. The third-order valence-corrected chi connectivity index (χ3v) is 13.7. The van der Waals surface area contributed by atoms with E-state index in [1.54, 1.807) is 6.92 Å². The standard InChI is InChI=1S/C34H49NO3.CH4/c1-22(36)35(19-23-8-6-5-7-9-23)20-24-10-11-26-28(38-24)18-27-25-12-13-29-31(2,3)30(37)14-15-34(29)21-33(25,34)17-16-32(26,27)4;/h5-9,24-30,37H,10-21H2,1-4H3;1H4/t24?,25?,26?,27?,28?,29?,30-,32?,33-,34?;/m0./s1. The van der Waals surface area contributed by atoms with Crippen LogP contribution >= 0.6 is 0 Å². The quantitative estimate of drug-likeness (QED) is 0.442. The molecule has 4 heteroatoms. The molecular weight excluding hydrogens is 482 g/mol. The lowest BCUT2D eigenvalue weighted by Gasteiger charge is -2.59. The largest absolute Gasteiger partial charge is 0.393 e. The lowest BCUT2D eigenvalue weighted by molar-refractivity contribution is -0.140. The maximum atomic E-state index is 12.5. The normalized spacial score (nSPS) is 46.8. The van der Waals surface area contributed by atoms with E-state index in [2.05, 4.69) is 45.0 Å². The van der Waals surface area contributed by atoms with Gasteiger partial charge in [0.15, 0.2) is 0 Å². The maximum absolute atomic E-state index is 12.5.